The minimum atomic E-state index is -0.450. The van der Waals surface area contributed by atoms with Crippen LogP contribution in [-0.4, -0.2) is 54.1 Å². The van der Waals surface area contributed by atoms with Gasteiger partial charge in [0, 0.05) is 32.2 Å². The van der Waals surface area contributed by atoms with Gasteiger partial charge < -0.3 is 10.2 Å². The summed E-state index contributed by atoms with van der Waals surface area (Å²) in [5.74, 6) is 0.358. The predicted molar refractivity (Wildman–Crippen MR) is 87.8 cm³/mol. The predicted octanol–water partition coefficient (Wildman–Crippen LogP) is 1.79. The molecule has 0 aromatic carbocycles. The second kappa shape index (κ2) is 7.25. The molecule has 1 aliphatic carbocycles. The molecule has 3 rings (SSSR count). The van der Waals surface area contributed by atoms with Crippen LogP contribution in [0.5, 0.6) is 0 Å². The molecule has 5 nitrogen and oxygen atoms in total. The number of amides is 1. The first-order valence-corrected chi connectivity index (χ1v) is 8.55. The summed E-state index contributed by atoms with van der Waals surface area (Å²) in [6.07, 6.45) is 4.66. The molecule has 0 radical (unpaired) electrons. The van der Waals surface area contributed by atoms with E-state index in [1.54, 1.807) is 6.07 Å². The summed E-state index contributed by atoms with van der Waals surface area (Å²) >= 11 is 0. The van der Waals surface area contributed by atoms with Gasteiger partial charge in [-0.25, -0.2) is 4.98 Å². The van der Waals surface area contributed by atoms with Crippen LogP contribution in [0, 0.1) is 5.95 Å². The van der Waals surface area contributed by atoms with Crippen LogP contribution < -0.4 is 10.2 Å². The van der Waals surface area contributed by atoms with Crippen molar-refractivity contribution in [1.82, 2.24) is 15.2 Å². The number of aromatic nitrogens is 1. The molecule has 1 aliphatic heterocycles. The van der Waals surface area contributed by atoms with Crippen LogP contribution in [0.2, 0.25) is 0 Å². The van der Waals surface area contributed by atoms with Crippen molar-refractivity contribution in [2.45, 2.75) is 44.7 Å². The Hall–Kier alpha value is -1.69. The largest absolute Gasteiger partial charge is 0.354 e. The Balaban J connectivity index is 1.50. The van der Waals surface area contributed by atoms with E-state index >= 15 is 0 Å². The van der Waals surface area contributed by atoms with Crippen molar-refractivity contribution in [3.05, 3.63) is 24.1 Å². The zero-order valence-electron chi connectivity index (χ0n) is 13.7. The first kappa shape index (κ1) is 16.2. The standard InChI is InChI=1S/C17H25FN4O/c1-13(17(23)19-14-5-2-3-6-14)21-9-11-22(12-10-21)16-8-4-7-15(18)20-16/h4,7-8,13-14H,2-3,5-6,9-12H2,1H3,(H,19,23). The van der Waals surface area contributed by atoms with E-state index in [1.165, 1.54) is 18.9 Å². The number of carbonyl (C=O) groups is 1. The molecule has 0 spiro atoms. The lowest BCUT2D eigenvalue weighted by atomic mass is 10.2. The van der Waals surface area contributed by atoms with Gasteiger partial charge in [-0.05, 0) is 31.9 Å². The van der Waals surface area contributed by atoms with Crippen molar-refractivity contribution in [2.75, 3.05) is 31.1 Å². The van der Waals surface area contributed by atoms with Crippen molar-refractivity contribution in [2.24, 2.45) is 0 Å². The SMILES string of the molecule is CC(C(=O)NC1CCCC1)N1CCN(c2cccc(F)n2)CC1. The summed E-state index contributed by atoms with van der Waals surface area (Å²) in [4.78, 5) is 20.6. The Kier molecular flexibility index (Phi) is 5.10. The number of anilines is 1. The van der Waals surface area contributed by atoms with Gasteiger partial charge in [-0.1, -0.05) is 18.9 Å². The van der Waals surface area contributed by atoms with Gasteiger partial charge in [0.1, 0.15) is 5.82 Å². The monoisotopic (exact) mass is 320 g/mol. The highest BCUT2D eigenvalue weighted by Gasteiger charge is 2.28. The molecular weight excluding hydrogens is 295 g/mol. The third-order valence-corrected chi connectivity index (χ3v) is 4.97. The third-order valence-electron chi connectivity index (χ3n) is 4.97. The van der Waals surface area contributed by atoms with Crippen LogP contribution >= 0.6 is 0 Å². The number of carbonyl (C=O) groups excluding carboxylic acids is 1. The Morgan fingerprint density at radius 1 is 1.26 bits per heavy atom. The molecule has 1 saturated heterocycles. The van der Waals surface area contributed by atoms with Crippen molar-refractivity contribution in [1.29, 1.82) is 0 Å². The van der Waals surface area contributed by atoms with Crippen LogP contribution in [0.15, 0.2) is 18.2 Å². The van der Waals surface area contributed by atoms with E-state index in [0.717, 1.165) is 39.0 Å². The molecule has 1 amide bonds. The van der Waals surface area contributed by atoms with Crippen molar-refractivity contribution < 1.29 is 9.18 Å². The van der Waals surface area contributed by atoms with Gasteiger partial charge >= 0.3 is 0 Å². The van der Waals surface area contributed by atoms with Crippen LogP contribution in [-0.2, 0) is 4.79 Å². The van der Waals surface area contributed by atoms with E-state index in [2.05, 4.69) is 20.1 Å². The third kappa shape index (κ3) is 3.99. The molecule has 1 unspecified atom stereocenters. The first-order valence-electron chi connectivity index (χ1n) is 8.55. The zero-order valence-corrected chi connectivity index (χ0v) is 13.7. The highest BCUT2D eigenvalue weighted by atomic mass is 19.1. The van der Waals surface area contributed by atoms with Gasteiger partial charge in [-0.15, -0.1) is 0 Å². The first-order chi connectivity index (χ1) is 11.1. The summed E-state index contributed by atoms with van der Waals surface area (Å²) in [5, 5.41) is 3.17. The maximum atomic E-state index is 13.2. The second-order valence-electron chi connectivity index (χ2n) is 6.51. The molecule has 2 fully saturated rings. The smallest absolute Gasteiger partial charge is 0.237 e. The van der Waals surface area contributed by atoms with Crippen LogP contribution in [0.4, 0.5) is 10.2 Å². The highest BCUT2D eigenvalue weighted by Crippen LogP contribution is 2.19. The maximum absolute atomic E-state index is 13.2. The summed E-state index contributed by atoms with van der Waals surface area (Å²) < 4.78 is 13.2. The maximum Gasteiger partial charge on any atom is 0.237 e. The quantitative estimate of drug-likeness (QED) is 0.859. The Bertz CT molecular complexity index is 539. The molecule has 1 atom stereocenters. The molecule has 2 heterocycles. The van der Waals surface area contributed by atoms with Gasteiger partial charge in [0.05, 0.1) is 6.04 Å². The normalized spacial score (nSPS) is 21.4. The van der Waals surface area contributed by atoms with Crippen LogP contribution in [0.1, 0.15) is 32.6 Å². The number of hydrogen-bond donors (Lipinski definition) is 1. The van der Waals surface area contributed by atoms with E-state index in [9.17, 15) is 9.18 Å². The van der Waals surface area contributed by atoms with Crippen molar-refractivity contribution in [3.8, 4) is 0 Å². The molecule has 1 saturated carbocycles. The molecular formula is C17H25FN4O. The molecule has 1 aromatic rings. The molecule has 1 N–H and O–H groups in total. The summed E-state index contributed by atoms with van der Waals surface area (Å²) in [6.45, 7) is 5.07. The average Bonchev–Trinajstić information content (AvgIpc) is 3.07. The molecule has 2 aliphatic rings. The van der Waals surface area contributed by atoms with E-state index in [1.807, 2.05) is 13.0 Å². The number of nitrogens with zero attached hydrogens (tertiary/aromatic N) is 3. The number of nitrogens with one attached hydrogen (secondary N) is 1. The Morgan fingerprint density at radius 2 is 1.96 bits per heavy atom. The number of hydrogen-bond acceptors (Lipinski definition) is 4. The lowest BCUT2D eigenvalue weighted by Crippen LogP contribution is -2.55. The van der Waals surface area contributed by atoms with Crippen molar-refractivity contribution in [3.63, 3.8) is 0 Å². The minimum Gasteiger partial charge on any atom is -0.354 e. The summed E-state index contributed by atoms with van der Waals surface area (Å²) in [7, 11) is 0. The van der Waals surface area contributed by atoms with Gasteiger partial charge in [-0.3, -0.25) is 9.69 Å². The summed E-state index contributed by atoms with van der Waals surface area (Å²) in [6, 6.07) is 5.12. The topological polar surface area (TPSA) is 48.5 Å². The molecule has 1 aromatic heterocycles. The second-order valence-corrected chi connectivity index (χ2v) is 6.51. The minimum absolute atomic E-state index is 0.113. The molecule has 23 heavy (non-hydrogen) atoms. The Morgan fingerprint density at radius 3 is 2.61 bits per heavy atom. The van der Waals surface area contributed by atoms with Crippen molar-refractivity contribution >= 4 is 11.7 Å². The molecule has 126 valence electrons. The van der Waals surface area contributed by atoms with E-state index in [0.29, 0.717) is 11.9 Å². The number of piperazine rings is 1. The molecule has 0 bridgehead atoms. The fourth-order valence-electron chi connectivity index (χ4n) is 3.47. The molecule has 6 heteroatoms. The van der Waals surface area contributed by atoms with Gasteiger partial charge in [0.25, 0.3) is 0 Å². The van der Waals surface area contributed by atoms with E-state index in [-0.39, 0.29) is 11.9 Å². The summed E-state index contributed by atoms with van der Waals surface area (Å²) in [5.41, 5.74) is 0. The van der Waals surface area contributed by atoms with Crippen LogP contribution in [0.25, 0.3) is 0 Å². The van der Waals surface area contributed by atoms with Gasteiger partial charge in [0.15, 0.2) is 0 Å². The van der Waals surface area contributed by atoms with Gasteiger partial charge in [0.2, 0.25) is 11.9 Å². The lowest BCUT2D eigenvalue weighted by molar-refractivity contribution is -0.126. The number of pyridine rings is 1. The lowest BCUT2D eigenvalue weighted by Gasteiger charge is -2.38. The number of halogens is 1. The van der Waals surface area contributed by atoms with Gasteiger partial charge in [-0.2, -0.15) is 4.39 Å². The fraction of sp³-hybridized carbons (Fsp3) is 0.647. The van der Waals surface area contributed by atoms with E-state index in [4.69, 9.17) is 0 Å². The Labute approximate surface area is 136 Å². The number of rotatable bonds is 4. The fourth-order valence-corrected chi connectivity index (χ4v) is 3.47. The average molecular weight is 320 g/mol. The van der Waals surface area contributed by atoms with Crippen LogP contribution in [0.3, 0.4) is 0 Å². The van der Waals surface area contributed by atoms with E-state index < -0.39 is 5.95 Å². The zero-order chi connectivity index (χ0) is 16.2. The highest BCUT2D eigenvalue weighted by molar-refractivity contribution is 5.81.